The zero-order valence-corrected chi connectivity index (χ0v) is 17.5. The number of carboxylic acids is 2. The summed E-state index contributed by atoms with van der Waals surface area (Å²) in [5.41, 5.74) is 3.55. The van der Waals surface area contributed by atoms with Gasteiger partial charge in [-0.25, -0.2) is 0 Å². The van der Waals surface area contributed by atoms with Crippen LogP contribution in [-0.4, -0.2) is 43.8 Å². The van der Waals surface area contributed by atoms with Gasteiger partial charge in [0.1, 0.15) is 4.32 Å². The molecule has 154 valence electrons. The fourth-order valence-corrected chi connectivity index (χ4v) is 4.30. The summed E-state index contributed by atoms with van der Waals surface area (Å²) in [6.45, 7) is 0.297. The first-order valence-corrected chi connectivity index (χ1v) is 10.4. The minimum absolute atomic E-state index is 0.00510. The van der Waals surface area contributed by atoms with Gasteiger partial charge >= 0.3 is 11.9 Å². The van der Waals surface area contributed by atoms with E-state index in [4.69, 9.17) is 22.4 Å². The highest BCUT2D eigenvalue weighted by Gasteiger charge is 2.31. The molecule has 0 spiro atoms. The van der Waals surface area contributed by atoms with E-state index in [0.717, 1.165) is 22.3 Å². The predicted molar refractivity (Wildman–Crippen MR) is 120 cm³/mol. The summed E-state index contributed by atoms with van der Waals surface area (Å²) in [6.07, 6.45) is 2.12. The molecule has 6 nitrogen and oxygen atoms in total. The van der Waals surface area contributed by atoms with Crippen LogP contribution in [0.1, 0.15) is 24.0 Å². The van der Waals surface area contributed by atoms with Gasteiger partial charge in [0, 0.05) is 13.0 Å². The average molecular weight is 442 g/mol. The molecule has 0 radical (unpaired) electrons. The summed E-state index contributed by atoms with van der Waals surface area (Å²) in [6, 6.07) is 15.0. The highest BCUT2D eigenvalue weighted by atomic mass is 32.2. The molecule has 0 aliphatic carbocycles. The molecule has 1 saturated heterocycles. The number of carbonyl (C=O) groups is 3. The van der Waals surface area contributed by atoms with E-state index in [1.807, 2.05) is 36.4 Å². The zero-order valence-electron chi connectivity index (χ0n) is 15.9. The number of rotatable bonds is 8. The Morgan fingerprint density at radius 1 is 0.967 bits per heavy atom. The van der Waals surface area contributed by atoms with Gasteiger partial charge in [-0.05, 0) is 34.8 Å². The highest BCUT2D eigenvalue weighted by molar-refractivity contribution is 8.26. The number of carboxylic acid groups (broad SMARTS) is 2. The fraction of sp³-hybridized carbons (Fsp3) is 0.182. The number of carbonyl (C=O) groups excluding carboxylic acids is 1. The van der Waals surface area contributed by atoms with Gasteiger partial charge in [-0.1, -0.05) is 72.5 Å². The Morgan fingerprint density at radius 2 is 1.57 bits per heavy atom. The van der Waals surface area contributed by atoms with Gasteiger partial charge in [0.25, 0.3) is 5.91 Å². The number of benzene rings is 2. The van der Waals surface area contributed by atoms with Crippen LogP contribution in [-0.2, 0) is 20.8 Å². The van der Waals surface area contributed by atoms with Crippen molar-refractivity contribution >= 4 is 52.2 Å². The molecule has 2 N–H and O–H groups in total. The second-order valence-corrected chi connectivity index (χ2v) is 8.40. The second-order valence-electron chi connectivity index (χ2n) is 6.72. The summed E-state index contributed by atoms with van der Waals surface area (Å²) in [4.78, 5) is 35.9. The molecule has 2 aromatic carbocycles. The number of thiocarbonyl (C=S) groups is 1. The quantitative estimate of drug-likeness (QED) is 0.471. The molecule has 0 unspecified atom stereocenters. The lowest BCUT2D eigenvalue weighted by atomic mass is 10.0. The Hall–Kier alpha value is -2.97. The number of amides is 1. The van der Waals surface area contributed by atoms with Crippen molar-refractivity contribution in [2.45, 2.75) is 19.3 Å². The summed E-state index contributed by atoms with van der Waals surface area (Å²) in [7, 11) is 0. The van der Waals surface area contributed by atoms with Crippen LogP contribution in [0.5, 0.6) is 0 Å². The maximum atomic E-state index is 12.6. The van der Waals surface area contributed by atoms with Crippen LogP contribution in [0.15, 0.2) is 53.4 Å². The molecule has 30 heavy (non-hydrogen) atoms. The van der Waals surface area contributed by atoms with Gasteiger partial charge in [-0.3, -0.25) is 19.3 Å². The first-order valence-electron chi connectivity index (χ1n) is 9.22. The average Bonchev–Trinajstić information content (AvgIpc) is 2.96. The number of nitrogens with zero attached hydrogens (tertiary/aromatic N) is 1. The van der Waals surface area contributed by atoms with Gasteiger partial charge < -0.3 is 10.2 Å². The van der Waals surface area contributed by atoms with Crippen molar-refractivity contribution in [3.8, 4) is 11.1 Å². The molecule has 1 heterocycles. The standard InChI is InChI=1S/C22H19NO5S2/c24-19(25)2-1-11-23-21(28)18(30-22(23)29)12-14-3-7-16(8-4-14)17-9-5-15(6-10-17)13-20(26)27/h3-10,12H,1-2,11,13H2,(H,24,25)(H,26,27). The number of hydrogen-bond donors (Lipinski definition) is 2. The molecule has 1 fully saturated rings. The van der Waals surface area contributed by atoms with E-state index in [9.17, 15) is 14.4 Å². The lowest BCUT2D eigenvalue weighted by molar-refractivity contribution is -0.137. The van der Waals surface area contributed by atoms with Crippen LogP contribution in [0.4, 0.5) is 0 Å². The van der Waals surface area contributed by atoms with Crippen molar-refractivity contribution in [3.63, 3.8) is 0 Å². The summed E-state index contributed by atoms with van der Waals surface area (Å²) < 4.78 is 0.440. The summed E-state index contributed by atoms with van der Waals surface area (Å²) in [5.74, 6) is -1.96. The van der Waals surface area contributed by atoms with E-state index in [0.29, 0.717) is 22.2 Å². The molecule has 1 aliphatic heterocycles. The first-order chi connectivity index (χ1) is 14.3. The van der Waals surface area contributed by atoms with Crippen molar-refractivity contribution in [1.82, 2.24) is 4.90 Å². The molecule has 0 atom stereocenters. The first kappa shape index (κ1) is 21.7. The minimum atomic E-state index is -0.896. The molecule has 1 amide bonds. The van der Waals surface area contributed by atoms with Crippen molar-refractivity contribution < 1.29 is 24.6 Å². The Kier molecular flexibility index (Phi) is 7.02. The molecule has 1 aliphatic rings. The highest BCUT2D eigenvalue weighted by Crippen LogP contribution is 2.33. The van der Waals surface area contributed by atoms with E-state index < -0.39 is 11.9 Å². The third-order valence-corrected chi connectivity index (χ3v) is 5.87. The molecular formula is C22H19NO5S2. The number of thioether (sulfide) groups is 1. The summed E-state index contributed by atoms with van der Waals surface area (Å²) in [5, 5.41) is 17.6. The lowest BCUT2D eigenvalue weighted by Gasteiger charge is -2.13. The molecule has 3 rings (SSSR count). The number of hydrogen-bond acceptors (Lipinski definition) is 5. The van der Waals surface area contributed by atoms with Gasteiger partial charge in [-0.2, -0.15) is 0 Å². The van der Waals surface area contributed by atoms with Crippen molar-refractivity contribution in [1.29, 1.82) is 0 Å². The van der Waals surface area contributed by atoms with E-state index in [1.165, 1.54) is 16.7 Å². The van der Waals surface area contributed by atoms with Crippen LogP contribution in [0.3, 0.4) is 0 Å². The Bertz CT molecular complexity index is 1010. The van der Waals surface area contributed by atoms with Gasteiger partial charge in [0.05, 0.1) is 11.3 Å². The monoisotopic (exact) mass is 441 g/mol. The smallest absolute Gasteiger partial charge is 0.307 e. The predicted octanol–water partition coefficient (Wildman–Crippen LogP) is 4.05. The number of aliphatic carboxylic acids is 2. The molecular weight excluding hydrogens is 422 g/mol. The molecule has 0 saturated carbocycles. The van der Waals surface area contributed by atoms with Crippen LogP contribution in [0.25, 0.3) is 17.2 Å². The topological polar surface area (TPSA) is 94.9 Å². The Balaban J connectivity index is 1.68. The Labute approximate surface area is 183 Å². The molecule has 0 aromatic heterocycles. The minimum Gasteiger partial charge on any atom is -0.481 e. The van der Waals surface area contributed by atoms with Crippen LogP contribution in [0, 0.1) is 0 Å². The Morgan fingerprint density at radius 3 is 2.13 bits per heavy atom. The van der Waals surface area contributed by atoms with Gasteiger partial charge in [0.15, 0.2) is 0 Å². The lowest BCUT2D eigenvalue weighted by Crippen LogP contribution is -2.29. The molecule has 0 bridgehead atoms. The third kappa shape index (κ3) is 5.55. The van der Waals surface area contributed by atoms with Crippen molar-refractivity contribution in [2.75, 3.05) is 6.54 Å². The molecule has 8 heteroatoms. The normalized spacial score (nSPS) is 15.1. The van der Waals surface area contributed by atoms with Crippen molar-refractivity contribution in [3.05, 3.63) is 64.6 Å². The van der Waals surface area contributed by atoms with E-state index >= 15 is 0 Å². The second kappa shape index (κ2) is 9.69. The zero-order chi connectivity index (χ0) is 21.7. The van der Waals surface area contributed by atoms with Gasteiger partial charge in [-0.15, -0.1) is 0 Å². The van der Waals surface area contributed by atoms with Crippen molar-refractivity contribution in [2.24, 2.45) is 0 Å². The fourth-order valence-electron chi connectivity index (χ4n) is 2.99. The molecule has 2 aromatic rings. The largest absolute Gasteiger partial charge is 0.481 e. The summed E-state index contributed by atoms with van der Waals surface area (Å²) >= 11 is 6.47. The van der Waals surface area contributed by atoms with Crippen LogP contribution >= 0.6 is 24.0 Å². The van der Waals surface area contributed by atoms with E-state index in [1.54, 1.807) is 18.2 Å². The third-order valence-electron chi connectivity index (χ3n) is 4.50. The van der Waals surface area contributed by atoms with E-state index in [-0.39, 0.29) is 18.7 Å². The van der Waals surface area contributed by atoms with Gasteiger partial charge in [0.2, 0.25) is 0 Å². The maximum Gasteiger partial charge on any atom is 0.307 e. The van der Waals surface area contributed by atoms with E-state index in [2.05, 4.69) is 0 Å². The van der Waals surface area contributed by atoms with Crippen LogP contribution in [0.2, 0.25) is 0 Å². The maximum absolute atomic E-state index is 12.6. The van der Waals surface area contributed by atoms with Crippen LogP contribution < -0.4 is 0 Å². The SMILES string of the molecule is O=C(O)CCCN1C(=O)C(=Cc2ccc(-c3ccc(CC(=O)O)cc3)cc2)SC1=S.